The van der Waals surface area contributed by atoms with Gasteiger partial charge in [0.15, 0.2) is 0 Å². The van der Waals surface area contributed by atoms with E-state index in [0.717, 1.165) is 13.0 Å². The molecule has 1 aliphatic carbocycles. The van der Waals surface area contributed by atoms with Gasteiger partial charge < -0.3 is 15.8 Å². The first kappa shape index (κ1) is 14.9. The number of esters is 1. The topological polar surface area (TPSA) is 64.4 Å². The number of benzene rings is 1. The van der Waals surface area contributed by atoms with E-state index in [1.54, 1.807) is 24.3 Å². The summed E-state index contributed by atoms with van der Waals surface area (Å²) in [6.07, 6.45) is 7.47. The molecule has 0 spiro atoms. The summed E-state index contributed by atoms with van der Waals surface area (Å²) in [5, 5.41) is 3.53. The number of hydrogen-bond acceptors (Lipinski definition) is 4. The molecule has 110 valence electrons. The Morgan fingerprint density at radius 1 is 1.20 bits per heavy atom. The summed E-state index contributed by atoms with van der Waals surface area (Å²) in [5.74, 6) is -0.275. The van der Waals surface area contributed by atoms with Gasteiger partial charge in [-0.25, -0.2) is 4.79 Å². The molecule has 1 aliphatic rings. The second kappa shape index (κ2) is 7.90. The van der Waals surface area contributed by atoms with Crippen LogP contribution in [0.15, 0.2) is 24.3 Å². The van der Waals surface area contributed by atoms with E-state index in [2.05, 4.69) is 5.32 Å². The zero-order valence-electron chi connectivity index (χ0n) is 11.9. The molecule has 0 aliphatic heterocycles. The first-order valence-electron chi connectivity index (χ1n) is 7.52. The van der Waals surface area contributed by atoms with E-state index in [1.807, 2.05) is 0 Å². The molecule has 1 saturated carbocycles. The van der Waals surface area contributed by atoms with Crippen molar-refractivity contribution in [3.05, 3.63) is 29.8 Å². The summed E-state index contributed by atoms with van der Waals surface area (Å²) in [6, 6.07) is 7.47. The lowest BCUT2D eigenvalue weighted by Crippen LogP contribution is -2.32. The van der Waals surface area contributed by atoms with Gasteiger partial charge in [-0.15, -0.1) is 0 Å². The van der Waals surface area contributed by atoms with Crippen LogP contribution in [0.5, 0.6) is 0 Å². The van der Waals surface area contributed by atoms with Crippen LogP contribution < -0.4 is 11.1 Å². The van der Waals surface area contributed by atoms with E-state index in [9.17, 15) is 4.79 Å². The molecule has 0 bridgehead atoms. The Kier molecular flexibility index (Phi) is 5.87. The molecule has 1 aromatic rings. The van der Waals surface area contributed by atoms with E-state index in [4.69, 9.17) is 10.5 Å². The zero-order valence-corrected chi connectivity index (χ0v) is 11.9. The fraction of sp³-hybridized carbons (Fsp3) is 0.562. The zero-order chi connectivity index (χ0) is 14.2. The summed E-state index contributed by atoms with van der Waals surface area (Å²) < 4.78 is 5.24. The van der Waals surface area contributed by atoms with Crippen LogP contribution >= 0.6 is 0 Å². The van der Waals surface area contributed by atoms with Gasteiger partial charge in [0.05, 0.1) is 12.2 Å². The molecule has 0 amide bonds. The number of anilines is 1. The van der Waals surface area contributed by atoms with Crippen molar-refractivity contribution in [2.24, 2.45) is 0 Å². The summed E-state index contributed by atoms with van der Waals surface area (Å²) in [7, 11) is 0. The molecule has 0 aromatic heterocycles. The maximum atomic E-state index is 11.7. The van der Waals surface area contributed by atoms with E-state index in [-0.39, 0.29) is 5.97 Å². The Bertz CT molecular complexity index is 411. The van der Waals surface area contributed by atoms with E-state index < -0.39 is 0 Å². The molecule has 0 atom stereocenters. The van der Waals surface area contributed by atoms with Gasteiger partial charge in [0.2, 0.25) is 0 Å². The average Bonchev–Trinajstić information content (AvgIpc) is 2.48. The van der Waals surface area contributed by atoms with Crippen LogP contribution in [-0.2, 0) is 4.74 Å². The first-order valence-corrected chi connectivity index (χ1v) is 7.52. The summed E-state index contributed by atoms with van der Waals surface area (Å²) in [4.78, 5) is 11.7. The fourth-order valence-corrected chi connectivity index (χ4v) is 2.55. The minimum Gasteiger partial charge on any atom is -0.462 e. The SMILES string of the molecule is Nc1ccc(C(=O)OCCCNC2CCCCC2)cc1. The largest absolute Gasteiger partial charge is 0.462 e. The predicted octanol–water partition coefficient (Wildman–Crippen LogP) is 2.74. The van der Waals surface area contributed by atoms with E-state index >= 15 is 0 Å². The Hall–Kier alpha value is -1.55. The lowest BCUT2D eigenvalue weighted by molar-refractivity contribution is 0.0499. The number of hydrogen-bond donors (Lipinski definition) is 2. The lowest BCUT2D eigenvalue weighted by Gasteiger charge is -2.22. The monoisotopic (exact) mass is 276 g/mol. The van der Waals surface area contributed by atoms with Gasteiger partial charge in [0, 0.05) is 11.7 Å². The van der Waals surface area contributed by atoms with Crippen LogP contribution in [0.2, 0.25) is 0 Å². The number of carbonyl (C=O) groups excluding carboxylic acids is 1. The molecule has 1 fully saturated rings. The number of carbonyl (C=O) groups is 1. The molecule has 1 aromatic carbocycles. The molecule has 20 heavy (non-hydrogen) atoms. The third kappa shape index (κ3) is 4.85. The van der Waals surface area contributed by atoms with Crippen molar-refractivity contribution in [2.45, 2.75) is 44.6 Å². The van der Waals surface area contributed by atoms with Crippen molar-refractivity contribution in [1.29, 1.82) is 0 Å². The Morgan fingerprint density at radius 2 is 1.90 bits per heavy atom. The third-order valence-corrected chi connectivity index (χ3v) is 3.74. The quantitative estimate of drug-likeness (QED) is 0.476. The first-order chi connectivity index (χ1) is 9.75. The van der Waals surface area contributed by atoms with E-state index in [0.29, 0.717) is 23.9 Å². The van der Waals surface area contributed by atoms with Crippen LogP contribution in [0, 0.1) is 0 Å². The molecule has 0 radical (unpaired) electrons. The highest BCUT2D eigenvalue weighted by Gasteiger charge is 2.12. The number of nitrogens with one attached hydrogen (secondary N) is 1. The van der Waals surface area contributed by atoms with Crippen molar-refractivity contribution in [1.82, 2.24) is 5.32 Å². The molecule has 4 nitrogen and oxygen atoms in total. The van der Waals surface area contributed by atoms with Crippen molar-refractivity contribution in [2.75, 3.05) is 18.9 Å². The maximum absolute atomic E-state index is 11.7. The Morgan fingerprint density at radius 3 is 2.60 bits per heavy atom. The second-order valence-corrected chi connectivity index (χ2v) is 5.40. The minimum atomic E-state index is -0.275. The number of nitrogen functional groups attached to an aromatic ring is 1. The molecule has 0 saturated heterocycles. The summed E-state index contributed by atoms with van der Waals surface area (Å²) in [6.45, 7) is 1.38. The maximum Gasteiger partial charge on any atom is 0.338 e. The third-order valence-electron chi connectivity index (χ3n) is 3.74. The minimum absolute atomic E-state index is 0.275. The van der Waals surface area contributed by atoms with Gasteiger partial charge in [-0.3, -0.25) is 0 Å². The van der Waals surface area contributed by atoms with Crippen LogP contribution in [0.3, 0.4) is 0 Å². The summed E-state index contributed by atoms with van der Waals surface area (Å²) in [5.41, 5.74) is 6.78. The van der Waals surface area contributed by atoms with Gasteiger partial charge >= 0.3 is 5.97 Å². The molecular formula is C16H24N2O2. The molecule has 0 unspecified atom stereocenters. The van der Waals surface area contributed by atoms with Gasteiger partial charge in [0.1, 0.15) is 0 Å². The normalized spacial score (nSPS) is 16.0. The molecular weight excluding hydrogens is 252 g/mol. The van der Waals surface area contributed by atoms with Crippen molar-refractivity contribution in [3.63, 3.8) is 0 Å². The smallest absolute Gasteiger partial charge is 0.338 e. The van der Waals surface area contributed by atoms with Crippen LogP contribution in [-0.4, -0.2) is 25.2 Å². The molecule has 2 rings (SSSR count). The molecule has 4 heteroatoms. The standard InChI is InChI=1S/C16H24N2O2/c17-14-9-7-13(8-10-14)16(19)20-12-4-11-18-15-5-2-1-3-6-15/h7-10,15,18H,1-6,11-12,17H2. The number of ether oxygens (including phenoxy) is 1. The fourth-order valence-electron chi connectivity index (χ4n) is 2.55. The second-order valence-electron chi connectivity index (χ2n) is 5.40. The average molecular weight is 276 g/mol. The van der Waals surface area contributed by atoms with Crippen molar-refractivity contribution >= 4 is 11.7 Å². The van der Waals surface area contributed by atoms with Crippen molar-refractivity contribution in [3.8, 4) is 0 Å². The highest BCUT2D eigenvalue weighted by molar-refractivity contribution is 5.89. The molecule has 0 heterocycles. The Balaban J connectivity index is 1.58. The predicted molar refractivity (Wildman–Crippen MR) is 80.6 cm³/mol. The van der Waals surface area contributed by atoms with Crippen LogP contribution in [0.4, 0.5) is 5.69 Å². The highest BCUT2D eigenvalue weighted by atomic mass is 16.5. The Labute approximate surface area is 120 Å². The van der Waals surface area contributed by atoms with Gasteiger partial charge in [0.25, 0.3) is 0 Å². The van der Waals surface area contributed by atoms with Crippen molar-refractivity contribution < 1.29 is 9.53 Å². The summed E-state index contributed by atoms with van der Waals surface area (Å²) >= 11 is 0. The van der Waals surface area contributed by atoms with Crippen LogP contribution in [0.1, 0.15) is 48.9 Å². The number of rotatable bonds is 6. The molecule has 3 N–H and O–H groups in total. The van der Waals surface area contributed by atoms with Gasteiger partial charge in [-0.05, 0) is 50.1 Å². The van der Waals surface area contributed by atoms with Gasteiger partial charge in [-0.1, -0.05) is 19.3 Å². The lowest BCUT2D eigenvalue weighted by atomic mass is 9.95. The van der Waals surface area contributed by atoms with Gasteiger partial charge in [-0.2, -0.15) is 0 Å². The van der Waals surface area contributed by atoms with Crippen LogP contribution in [0.25, 0.3) is 0 Å². The highest BCUT2D eigenvalue weighted by Crippen LogP contribution is 2.17. The number of nitrogens with two attached hydrogens (primary N) is 1. The van der Waals surface area contributed by atoms with E-state index in [1.165, 1.54) is 32.1 Å².